The number of aryl methyl sites for hydroxylation is 1. The van der Waals surface area contributed by atoms with Gasteiger partial charge in [0.2, 0.25) is 0 Å². The van der Waals surface area contributed by atoms with Crippen LogP contribution >= 0.6 is 0 Å². The summed E-state index contributed by atoms with van der Waals surface area (Å²) in [5.41, 5.74) is 3.40. The molecule has 0 bridgehead atoms. The number of anilines is 1. The van der Waals surface area contributed by atoms with Gasteiger partial charge in [0.1, 0.15) is 0 Å². The molecule has 108 valence electrons. The summed E-state index contributed by atoms with van der Waals surface area (Å²) in [6, 6.07) is 18.6. The van der Waals surface area contributed by atoms with Crippen molar-refractivity contribution in [1.29, 1.82) is 0 Å². The van der Waals surface area contributed by atoms with Gasteiger partial charge in [0.05, 0.1) is 0 Å². The van der Waals surface area contributed by atoms with E-state index < -0.39 is 0 Å². The SMILES string of the molecule is O=C1CCCN(CCCc2ccccc2)c2ccccc21. The molecule has 1 heterocycles. The van der Waals surface area contributed by atoms with Gasteiger partial charge >= 0.3 is 0 Å². The Balaban J connectivity index is 1.68. The third kappa shape index (κ3) is 3.33. The molecule has 0 atom stereocenters. The molecule has 2 nitrogen and oxygen atoms in total. The van der Waals surface area contributed by atoms with E-state index in [0.717, 1.165) is 43.6 Å². The van der Waals surface area contributed by atoms with Crippen LogP contribution in [0.25, 0.3) is 0 Å². The largest absolute Gasteiger partial charge is 0.371 e. The molecule has 0 amide bonds. The first-order valence-electron chi connectivity index (χ1n) is 7.76. The Morgan fingerprint density at radius 1 is 0.952 bits per heavy atom. The molecule has 3 rings (SSSR count). The highest BCUT2D eigenvalue weighted by Gasteiger charge is 2.19. The van der Waals surface area contributed by atoms with Crippen molar-refractivity contribution in [2.45, 2.75) is 25.7 Å². The molecular weight excluding hydrogens is 258 g/mol. The van der Waals surface area contributed by atoms with Gasteiger partial charge in [-0.2, -0.15) is 0 Å². The first kappa shape index (κ1) is 13.9. The summed E-state index contributed by atoms with van der Waals surface area (Å²) in [4.78, 5) is 14.5. The average Bonchev–Trinajstić information content (AvgIpc) is 2.69. The van der Waals surface area contributed by atoms with E-state index in [4.69, 9.17) is 0 Å². The molecule has 0 N–H and O–H groups in total. The minimum Gasteiger partial charge on any atom is -0.371 e. The smallest absolute Gasteiger partial charge is 0.165 e. The fraction of sp³-hybridized carbons (Fsp3) is 0.316. The third-order valence-electron chi connectivity index (χ3n) is 4.11. The number of benzene rings is 2. The molecule has 2 aromatic rings. The van der Waals surface area contributed by atoms with Crippen molar-refractivity contribution < 1.29 is 4.79 Å². The van der Waals surface area contributed by atoms with Crippen LogP contribution in [-0.4, -0.2) is 18.9 Å². The predicted molar refractivity (Wildman–Crippen MR) is 87.0 cm³/mol. The van der Waals surface area contributed by atoms with Gasteiger partial charge in [-0.05, 0) is 37.0 Å². The monoisotopic (exact) mass is 279 g/mol. The Labute approximate surface area is 126 Å². The molecule has 0 spiro atoms. The van der Waals surface area contributed by atoms with Crippen molar-refractivity contribution in [1.82, 2.24) is 0 Å². The second kappa shape index (κ2) is 6.57. The van der Waals surface area contributed by atoms with Gasteiger partial charge in [0.25, 0.3) is 0 Å². The number of Topliss-reactive ketones (excluding diaryl/α,β-unsaturated/α-hetero) is 1. The van der Waals surface area contributed by atoms with E-state index in [1.807, 2.05) is 18.2 Å². The first-order chi connectivity index (χ1) is 10.3. The lowest BCUT2D eigenvalue weighted by Crippen LogP contribution is -2.25. The summed E-state index contributed by atoms with van der Waals surface area (Å²) in [5, 5.41) is 0. The zero-order valence-corrected chi connectivity index (χ0v) is 12.3. The molecule has 1 aliphatic rings. The highest BCUT2D eigenvalue weighted by Crippen LogP contribution is 2.26. The number of ketones is 1. The van der Waals surface area contributed by atoms with Gasteiger partial charge < -0.3 is 4.90 Å². The van der Waals surface area contributed by atoms with Gasteiger partial charge in [0.15, 0.2) is 5.78 Å². The van der Waals surface area contributed by atoms with Crippen LogP contribution in [0.1, 0.15) is 35.2 Å². The fourth-order valence-electron chi connectivity index (χ4n) is 3.02. The Morgan fingerprint density at radius 3 is 2.57 bits per heavy atom. The summed E-state index contributed by atoms with van der Waals surface area (Å²) in [6.45, 7) is 2.00. The van der Waals surface area contributed by atoms with E-state index in [2.05, 4.69) is 41.3 Å². The lowest BCUT2D eigenvalue weighted by atomic mass is 10.1. The minimum atomic E-state index is 0.288. The van der Waals surface area contributed by atoms with Crippen LogP contribution in [0.15, 0.2) is 54.6 Å². The molecule has 0 saturated heterocycles. The van der Waals surface area contributed by atoms with Gasteiger partial charge in [-0.25, -0.2) is 0 Å². The molecule has 0 saturated carbocycles. The average molecular weight is 279 g/mol. The molecule has 0 aliphatic carbocycles. The van der Waals surface area contributed by atoms with Gasteiger partial charge in [-0.1, -0.05) is 42.5 Å². The number of nitrogens with zero attached hydrogens (tertiary/aromatic N) is 1. The minimum absolute atomic E-state index is 0.288. The Kier molecular flexibility index (Phi) is 4.34. The quantitative estimate of drug-likeness (QED) is 0.839. The van der Waals surface area contributed by atoms with Gasteiger partial charge in [0, 0.05) is 30.8 Å². The molecule has 0 unspecified atom stereocenters. The fourth-order valence-corrected chi connectivity index (χ4v) is 3.02. The zero-order valence-electron chi connectivity index (χ0n) is 12.3. The number of para-hydroxylation sites is 1. The Morgan fingerprint density at radius 2 is 1.71 bits per heavy atom. The van der Waals surface area contributed by atoms with Crippen LogP contribution in [0.5, 0.6) is 0 Å². The lowest BCUT2D eigenvalue weighted by Gasteiger charge is -2.24. The predicted octanol–water partition coefficient (Wildman–Crippen LogP) is 4.10. The number of carbonyl (C=O) groups is 1. The number of fused-ring (bicyclic) bond motifs is 1. The topological polar surface area (TPSA) is 20.3 Å². The van der Waals surface area contributed by atoms with Crippen LogP contribution in [0, 0.1) is 0 Å². The van der Waals surface area contributed by atoms with Crippen molar-refractivity contribution in [3.8, 4) is 0 Å². The molecule has 21 heavy (non-hydrogen) atoms. The van der Waals surface area contributed by atoms with E-state index in [9.17, 15) is 4.79 Å². The molecule has 0 radical (unpaired) electrons. The van der Waals surface area contributed by atoms with Crippen LogP contribution in [0.3, 0.4) is 0 Å². The van der Waals surface area contributed by atoms with Crippen molar-refractivity contribution in [2.24, 2.45) is 0 Å². The van der Waals surface area contributed by atoms with Crippen molar-refractivity contribution in [3.63, 3.8) is 0 Å². The highest BCUT2D eigenvalue weighted by molar-refractivity contribution is 6.01. The molecule has 2 aromatic carbocycles. The Bertz CT molecular complexity index is 606. The zero-order chi connectivity index (χ0) is 14.5. The van der Waals surface area contributed by atoms with Crippen LogP contribution in [-0.2, 0) is 6.42 Å². The van der Waals surface area contributed by atoms with E-state index in [1.165, 1.54) is 5.56 Å². The summed E-state index contributed by atoms with van der Waals surface area (Å²) in [7, 11) is 0. The third-order valence-corrected chi connectivity index (χ3v) is 4.11. The van der Waals surface area contributed by atoms with Crippen molar-refractivity contribution in [2.75, 3.05) is 18.0 Å². The molecule has 2 heteroatoms. The first-order valence-corrected chi connectivity index (χ1v) is 7.76. The van der Waals surface area contributed by atoms with E-state index >= 15 is 0 Å². The second-order valence-corrected chi connectivity index (χ2v) is 5.62. The maximum Gasteiger partial charge on any atom is 0.165 e. The molecule has 0 aromatic heterocycles. The van der Waals surface area contributed by atoms with Crippen LogP contribution < -0.4 is 4.90 Å². The van der Waals surface area contributed by atoms with Crippen molar-refractivity contribution in [3.05, 3.63) is 65.7 Å². The van der Waals surface area contributed by atoms with Crippen LogP contribution in [0.2, 0.25) is 0 Å². The maximum absolute atomic E-state index is 12.1. The van der Waals surface area contributed by atoms with Gasteiger partial charge in [-0.3, -0.25) is 4.79 Å². The van der Waals surface area contributed by atoms with E-state index in [0.29, 0.717) is 6.42 Å². The number of hydrogen-bond acceptors (Lipinski definition) is 2. The summed E-state index contributed by atoms with van der Waals surface area (Å²) >= 11 is 0. The molecular formula is C19H21NO. The summed E-state index contributed by atoms with van der Waals surface area (Å²) < 4.78 is 0. The molecule has 1 aliphatic heterocycles. The summed E-state index contributed by atoms with van der Waals surface area (Å²) in [6.07, 6.45) is 3.84. The van der Waals surface area contributed by atoms with Crippen molar-refractivity contribution >= 4 is 11.5 Å². The van der Waals surface area contributed by atoms with Crippen LogP contribution in [0.4, 0.5) is 5.69 Å². The number of hydrogen-bond donors (Lipinski definition) is 0. The van der Waals surface area contributed by atoms with E-state index in [1.54, 1.807) is 0 Å². The van der Waals surface area contributed by atoms with E-state index in [-0.39, 0.29) is 5.78 Å². The highest BCUT2D eigenvalue weighted by atomic mass is 16.1. The lowest BCUT2D eigenvalue weighted by molar-refractivity contribution is 0.0984. The number of carbonyl (C=O) groups excluding carboxylic acids is 1. The summed E-state index contributed by atoms with van der Waals surface area (Å²) in [5.74, 6) is 0.288. The number of rotatable bonds is 4. The molecule has 0 fully saturated rings. The second-order valence-electron chi connectivity index (χ2n) is 5.62. The Hall–Kier alpha value is -2.09. The normalized spacial score (nSPS) is 14.7. The standard InChI is InChI=1S/C19H21NO/c21-19-13-7-15-20(18-12-5-4-11-17(18)19)14-6-10-16-8-2-1-3-9-16/h1-5,8-9,11-12H,6-7,10,13-15H2. The van der Waals surface area contributed by atoms with Gasteiger partial charge in [-0.15, -0.1) is 0 Å². The maximum atomic E-state index is 12.1.